The topological polar surface area (TPSA) is 21.6 Å². The summed E-state index contributed by atoms with van der Waals surface area (Å²) in [5.41, 5.74) is 1.06. The Balaban J connectivity index is 2.10. The highest BCUT2D eigenvalue weighted by Crippen LogP contribution is 2.12. The molecule has 1 atom stereocenters. The number of benzene rings is 1. The van der Waals surface area contributed by atoms with Crippen molar-refractivity contribution in [3.05, 3.63) is 48.0 Å². The quantitative estimate of drug-likeness (QED) is 0.689. The van der Waals surface area contributed by atoms with Gasteiger partial charge in [-0.15, -0.1) is 0 Å². The van der Waals surface area contributed by atoms with Gasteiger partial charge in [-0.1, -0.05) is 37.3 Å². The summed E-state index contributed by atoms with van der Waals surface area (Å²) in [6.45, 7) is 2.79. The van der Waals surface area contributed by atoms with Crippen molar-refractivity contribution < 1.29 is 4.74 Å². The summed E-state index contributed by atoms with van der Waals surface area (Å²) in [6.07, 6.45) is 5.29. The Morgan fingerprint density at radius 3 is 2.93 bits per heavy atom. The van der Waals surface area contributed by atoms with Crippen LogP contribution in [-0.4, -0.2) is 18.5 Å². The molecular formula is C13H15NO. The summed E-state index contributed by atoms with van der Waals surface area (Å²) in [5, 5.41) is 0. The second-order valence-electron chi connectivity index (χ2n) is 3.52. The SMILES string of the molecule is CC/C=C\[C@@H]1COC(c2ccccc2)=N1. The summed E-state index contributed by atoms with van der Waals surface area (Å²) in [5.74, 6) is 0.765. The standard InChI is InChI=1S/C13H15NO/c1-2-3-9-12-10-15-13(14-12)11-7-5-4-6-8-11/h3-9,12H,2,10H2,1H3/b9-3-/t12-/m1/s1. The van der Waals surface area contributed by atoms with Crippen LogP contribution in [0, 0.1) is 0 Å². The molecule has 1 aliphatic heterocycles. The van der Waals surface area contributed by atoms with Gasteiger partial charge in [0.15, 0.2) is 0 Å². The second kappa shape index (κ2) is 4.78. The lowest BCUT2D eigenvalue weighted by Gasteiger charge is -1.99. The summed E-state index contributed by atoms with van der Waals surface area (Å²) in [4.78, 5) is 4.50. The average Bonchev–Trinajstić information content (AvgIpc) is 2.76. The molecule has 0 unspecified atom stereocenters. The van der Waals surface area contributed by atoms with Gasteiger partial charge in [0.05, 0.1) is 0 Å². The first kappa shape index (κ1) is 9.97. The van der Waals surface area contributed by atoms with Crippen molar-refractivity contribution in [3.8, 4) is 0 Å². The molecule has 0 aliphatic carbocycles. The van der Waals surface area contributed by atoms with Crippen molar-refractivity contribution in [3.63, 3.8) is 0 Å². The summed E-state index contributed by atoms with van der Waals surface area (Å²) in [6, 6.07) is 10.2. The van der Waals surface area contributed by atoms with E-state index in [0.717, 1.165) is 17.9 Å². The van der Waals surface area contributed by atoms with Crippen molar-refractivity contribution in [1.29, 1.82) is 0 Å². The molecule has 2 heteroatoms. The van der Waals surface area contributed by atoms with Crippen molar-refractivity contribution in [1.82, 2.24) is 0 Å². The zero-order valence-corrected chi connectivity index (χ0v) is 8.89. The van der Waals surface area contributed by atoms with Crippen LogP contribution in [0.4, 0.5) is 0 Å². The predicted octanol–water partition coefficient (Wildman–Crippen LogP) is 2.80. The van der Waals surface area contributed by atoms with E-state index in [0.29, 0.717) is 6.61 Å². The molecule has 1 heterocycles. The summed E-state index contributed by atoms with van der Waals surface area (Å²) < 4.78 is 5.55. The minimum atomic E-state index is 0.195. The van der Waals surface area contributed by atoms with Crippen molar-refractivity contribution in [2.24, 2.45) is 4.99 Å². The maximum absolute atomic E-state index is 5.55. The normalized spacial score (nSPS) is 20.3. The number of aliphatic imine (C=N–C) groups is 1. The van der Waals surface area contributed by atoms with Crippen molar-refractivity contribution in [2.45, 2.75) is 19.4 Å². The average molecular weight is 201 g/mol. The Labute approximate surface area is 90.3 Å². The van der Waals surface area contributed by atoms with Crippen LogP contribution in [0.3, 0.4) is 0 Å². The lowest BCUT2D eigenvalue weighted by atomic mass is 10.2. The molecular weight excluding hydrogens is 186 g/mol. The number of allylic oxidation sites excluding steroid dienone is 1. The van der Waals surface area contributed by atoms with E-state index in [1.165, 1.54) is 0 Å². The van der Waals surface area contributed by atoms with E-state index < -0.39 is 0 Å². The molecule has 2 nitrogen and oxygen atoms in total. The monoisotopic (exact) mass is 201 g/mol. The molecule has 78 valence electrons. The second-order valence-corrected chi connectivity index (χ2v) is 3.52. The molecule has 1 aliphatic rings. The third-order valence-electron chi connectivity index (χ3n) is 2.29. The Kier molecular flexibility index (Phi) is 3.18. The van der Waals surface area contributed by atoms with E-state index in [4.69, 9.17) is 4.74 Å². The third kappa shape index (κ3) is 2.46. The van der Waals surface area contributed by atoms with Crippen molar-refractivity contribution in [2.75, 3.05) is 6.61 Å². The van der Waals surface area contributed by atoms with Crippen LogP contribution >= 0.6 is 0 Å². The smallest absolute Gasteiger partial charge is 0.216 e. The number of nitrogens with zero attached hydrogens (tertiary/aromatic N) is 1. The van der Waals surface area contributed by atoms with E-state index in [1.54, 1.807) is 0 Å². The van der Waals surface area contributed by atoms with Gasteiger partial charge < -0.3 is 4.74 Å². The van der Waals surface area contributed by atoms with Gasteiger partial charge in [0, 0.05) is 5.56 Å². The largest absolute Gasteiger partial charge is 0.475 e. The Hall–Kier alpha value is -1.57. The fraction of sp³-hybridized carbons (Fsp3) is 0.308. The number of ether oxygens (including phenoxy) is 1. The molecule has 0 N–H and O–H groups in total. The van der Waals surface area contributed by atoms with Crippen LogP contribution in [0.15, 0.2) is 47.5 Å². The molecule has 1 aromatic carbocycles. The molecule has 1 aromatic rings. The molecule has 0 fully saturated rings. The maximum Gasteiger partial charge on any atom is 0.216 e. The zero-order chi connectivity index (χ0) is 10.5. The first-order valence-electron chi connectivity index (χ1n) is 5.33. The van der Waals surface area contributed by atoms with E-state index in [1.807, 2.05) is 30.3 Å². The Bertz CT molecular complexity index is 367. The van der Waals surface area contributed by atoms with Crippen LogP contribution < -0.4 is 0 Å². The van der Waals surface area contributed by atoms with Crippen LogP contribution in [0.2, 0.25) is 0 Å². The highest BCUT2D eigenvalue weighted by atomic mass is 16.5. The van der Waals surface area contributed by atoms with E-state index in [-0.39, 0.29) is 6.04 Å². The number of hydrogen-bond donors (Lipinski definition) is 0. The molecule has 0 saturated heterocycles. The van der Waals surface area contributed by atoms with Crippen molar-refractivity contribution >= 4 is 5.90 Å². The predicted molar refractivity (Wildman–Crippen MR) is 62.2 cm³/mol. The number of rotatable bonds is 3. The first-order valence-corrected chi connectivity index (χ1v) is 5.33. The molecule has 0 spiro atoms. The molecule has 2 rings (SSSR count). The van der Waals surface area contributed by atoms with Gasteiger partial charge in [-0.2, -0.15) is 0 Å². The zero-order valence-electron chi connectivity index (χ0n) is 8.89. The number of hydrogen-bond acceptors (Lipinski definition) is 2. The van der Waals surface area contributed by atoms with Crippen LogP contribution in [0.5, 0.6) is 0 Å². The van der Waals surface area contributed by atoms with Gasteiger partial charge in [0.25, 0.3) is 0 Å². The third-order valence-corrected chi connectivity index (χ3v) is 2.29. The molecule has 0 aromatic heterocycles. The molecule has 15 heavy (non-hydrogen) atoms. The molecule has 0 saturated carbocycles. The molecule has 0 amide bonds. The maximum atomic E-state index is 5.55. The van der Waals surface area contributed by atoms with Gasteiger partial charge in [-0.25, -0.2) is 4.99 Å². The Morgan fingerprint density at radius 2 is 2.20 bits per heavy atom. The van der Waals surface area contributed by atoms with Crippen LogP contribution in [0.1, 0.15) is 18.9 Å². The van der Waals surface area contributed by atoms with E-state index >= 15 is 0 Å². The lowest BCUT2D eigenvalue weighted by molar-refractivity contribution is 0.332. The summed E-state index contributed by atoms with van der Waals surface area (Å²) in [7, 11) is 0. The van der Waals surface area contributed by atoms with Gasteiger partial charge in [0.2, 0.25) is 5.90 Å². The van der Waals surface area contributed by atoms with Gasteiger partial charge in [-0.05, 0) is 18.6 Å². The minimum Gasteiger partial charge on any atom is -0.475 e. The van der Waals surface area contributed by atoms with Crippen LogP contribution in [0.25, 0.3) is 0 Å². The molecule has 0 bridgehead atoms. The highest BCUT2D eigenvalue weighted by molar-refractivity contribution is 5.95. The first-order chi connectivity index (χ1) is 7.40. The van der Waals surface area contributed by atoms with E-state index in [9.17, 15) is 0 Å². The molecule has 0 radical (unpaired) electrons. The fourth-order valence-electron chi connectivity index (χ4n) is 1.52. The fourth-order valence-corrected chi connectivity index (χ4v) is 1.52. The van der Waals surface area contributed by atoms with Gasteiger partial charge >= 0.3 is 0 Å². The summed E-state index contributed by atoms with van der Waals surface area (Å²) >= 11 is 0. The van der Waals surface area contributed by atoms with E-state index in [2.05, 4.69) is 24.1 Å². The Morgan fingerprint density at radius 1 is 1.40 bits per heavy atom. The van der Waals surface area contributed by atoms with Crippen LogP contribution in [-0.2, 0) is 4.74 Å². The van der Waals surface area contributed by atoms with Gasteiger partial charge in [0.1, 0.15) is 12.6 Å². The lowest BCUT2D eigenvalue weighted by Crippen LogP contribution is -2.02. The highest BCUT2D eigenvalue weighted by Gasteiger charge is 2.16. The van der Waals surface area contributed by atoms with Gasteiger partial charge in [-0.3, -0.25) is 0 Å². The minimum absolute atomic E-state index is 0.195.